The summed E-state index contributed by atoms with van der Waals surface area (Å²) in [4.78, 5) is 20.6. The van der Waals surface area contributed by atoms with E-state index in [0.29, 0.717) is 49.2 Å². The van der Waals surface area contributed by atoms with Crippen molar-refractivity contribution in [3.05, 3.63) is 36.3 Å². The van der Waals surface area contributed by atoms with Crippen LogP contribution in [-0.4, -0.2) is 51.9 Å². The minimum Gasteiger partial charge on any atom is -0.352 e. The molecule has 8 heteroatoms. The van der Waals surface area contributed by atoms with Gasteiger partial charge in [-0.15, -0.1) is 0 Å². The summed E-state index contributed by atoms with van der Waals surface area (Å²) in [5, 5.41) is 16.4. The zero-order valence-corrected chi connectivity index (χ0v) is 15.1. The number of nitriles is 1. The number of rotatable bonds is 4. The molecule has 1 aliphatic rings. The second-order valence-corrected chi connectivity index (χ2v) is 6.74. The smallest absolute Gasteiger partial charge is 0.322 e. The number of anilines is 2. The maximum atomic E-state index is 12.5. The Balaban J connectivity index is 1.55. The number of carbonyl (C=O) groups excluding carboxylic acids is 1. The van der Waals surface area contributed by atoms with Gasteiger partial charge in [-0.05, 0) is 18.1 Å². The van der Waals surface area contributed by atoms with E-state index in [0.717, 1.165) is 6.54 Å². The summed E-state index contributed by atoms with van der Waals surface area (Å²) in [6.07, 6.45) is 5.20. The fraction of sp³-hybridized carbons (Fsp3) is 0.444. The largest absolute Gasteiger partial charge is 0.352 e. The Kier molecular flexibility index (Phi) is 5.37. The number of nitrogens with one attached hydrogen (secondary N) is 1. The van der Waals surface area contributed by atoms with Crippen LogP contribution in [0.3, 0.4) is 0 Å². The number of aromatic nitrogens is 3. The number of amides is 2. The maximum Gasteiger partial charge on any atom is 0.322 e. The lowest BCUT2D eigenvalue weighted by molar-refractivity contribution is 0.208. The van der Waals surface area contributed by atoms with Crippen LogP contribution in [0.4, 0.5) is 16.3 Å². The van der Waals surface area contributed by atoms with E-state index < -0.39 is 0 Å². The van der Waals surface area contributed by atoms with E-state index in [-0.39, 0.29) is 6.03 Å². The molecule has 3 rings (SSSR count). The molecular formula is C18H23N7O. The standard InChI is InChI=1S/C18H23N7O/c1-14(2)12-25-13-16(11-21-25)22-18(26)24-8-6-23(7-9-24)17-15(10-19)4-3-5-20-17/h3-5,11,13-14H,6-9,12H2,1-2H3,(H,22,26). The van der Waals surface area contributed by atoms with Crippen molar-refractivity contribution in [3.8, 4) is 6.07 Å². The summed E-state index contributed by atoms with van der Waals surface area (Å²) in [5.41, 5.74) is 1.26. The highest BCUT2D eigenvalue weighted by Crippen LogP contribution is 2.18. The summed E-state index contributed by atoms with van der Waals surface area (Å²) >= 11 is 0. The second kappa shape index (κ2) is 7.87. The van der Waals surface area contributed by atoms with Crippen molar-refractivity contribution in [3.63, 3.8) is 0 Å². The summed E-state index contributed by atoms with van der Waals surface area (Å²) in [5.74, 6) is 1.18. The van der Waals surface area contributed by atoms with Crippen LogP contribution in [0.25, 0.3) is 0 Å². The van der Waals surface area contributed by atoms with Gasteiger partial charge in [-0.25, -0.2) is 9.78 Å². The van der Waals surface area contributed by atoms with Crippen molar-refractivity contribution in [2.24, 2.45) is 5.92 Å². The van der Waals surface area contributed by atoms with Crippen LogP contribution < -0.4 is 10.2 Å². The number of carbonyl (C=O) groups is 1. The molecule has 1 fully saturated rings. The normalized spacial score (nSPS) is 14.4. The van der Waals surface area contributed by atoms with E-state index >= 15 is 0 Å². The number of nitrogens with zero attached hydrogens (tertiary/aromatic N) is 6. The van der Waals surface area contributed by atoms with Crippen LogP contribution in [0.5, 0.6) is 0 Å². The van der Waals surface area contributed by atoms with E-state index in [1.807, 2.05) is 15.8 Å². The van der Waals surface area contributed by atoms with E-state index in [2.05, 4.69) is 35.3 Å². The van der Waals surface area contributed by atoms with Gasteiger partial charge in [0.25, 0.3) is 0 Å². The van der Waals surface area contributed by atoms with Crippen molar-refractivity contribution in [1.29, 1.82) is 5.26 Å². The predicted octanol–water partition coefficient (Wildman–Crippen LogP) is 2.16. The highest BCUT2D eigenvalue weighted by atomic mass is 16.2. The molecule has 1 aliphatic heterocycles. The Hall–Kier alpha value is -3.08. The van der Waals surface area contributed by atoms with Gasteiger partial charge < -0.3 is 15.1 Å². The van der Waals surface area contributed by atoms with Crippen LogP contribution in [0.2, 0.25) is 0 Å². The predicted molar refractivity (Wildman–Crippen MR) is 98.8 cm³/mol. The van der Waals surface area contributed by atoms with E-state index in [1.165, 1.54) is 0 Å². The van der Waals surface area contributed by atoms with Crippen LogP contribution in [0.1, 0.15) is 19.4 Å². The lowest BCUT2D eigenvalue weighted by Crippen LogP contribution is -2.50. The summed E-state index contributed by atoms with van der Waals surface area (Å²) in [7, 11) is 0. The molecular weight excluding hydrogens is 330 g/mol. The maximum absolute atomic E-state index is 12.5. The van der Waals surface area contributed by atoms with Crippen molar-refractivity contribution < 1.29 is 4.79 Å². The average molecular weight is 353 g/mol. The first-order valence-corrected chi connectivity index (χ1v) is 8.75. The van der Waals surface area contributed by atoms with Gasteiger partial charge in [-0.3, -0.25) is 4.68 Å². The quantitative estimate of drug-likeness (QED) is 0.910. The second-order valence-electron chi connectivity index (χ2n) is 6.74. The average Bonchev–Trinajstić information content (AvgIpc) is 3.07. The SMILES string of the molecule is CC(C)Cn1cc(NC(=O)N2CCN(c3ncccc3C#N)CC2)cn1. The summed E-state index contributed by atoms with van der Waals surface area (Å²) < 4.78 is 1.84. The van der Waals surface area contributed by atoms with Crippen LogP contribution in [0, 0.1) is 17.2 Å². The molecule has 1 saturated heterocycles. The molecule has 2 aromatic rings. The van der Waals surface area contributed by atoms with Crippen molar-refractivity contribution >= 4 is 17.5 Å². The Morgan fingerprint density at radius 2 is 2.12 bits per heavy atom. The fourth-order valence-corrected chi connectivity index (χ4v) is 2.96. The highest BCUT2D eigenvalue weighted by Gasteiger charge is 2.23. The van der Waals surface area contributed by atoms with E-state index in [1.54, 1.807) is 29.4 Å². The lowest BCUT2D eigenvalue weighted by atomic mass is 10.2. The monoisotopic (exact) mass is 353 g/mol. The Morgan fingerprint density at radius 1 is 1.35 bits per heavy atom. The number of hydrogen-bond donors (Lipinski definition) is 1. The minimum absolute atomic E-state index is 0.129. The zero-order chi connectivity index (χ0) is 18.5. The third-order valence-electron chi connectivity index (χ3n) is 4.21. The van der Waals surface area contributed by atoms with Gasteiger partial charge in [-0.2, -0.15) is 10.4 Å². The molecule has 2 amide bonds. The number of piperazine rings is 1. The van der Waals surface area contributed by atoms with E-state index in [9.17, 15) is 10.1 Å². The van der Waals surface area contributed by atoms with E-state index in [4.69, 9.17) is 0 Å². The molecule has 0 bridgehead atoms. The molecule has 26 heavy (non-hydrogen) atoms. The summed E-state index contributed by atoms with van der Waals surface area (Å²) in [6, 6.07) is 5.55. The number of hydrogen-bond acceptors (Lipinski definition) is 5. The van der Waals surface area contributed by atoms with Crippen LogP contribution in [-0.2, 0) is 6.54 Å². The van der Waals surface area contributed by atoms with Gasteiger partial charge in [0.1, 0.15) is 11.9 Å². The number of pyridine rings is 1. The third-order valence-corrected chi connectivity index (χ3v) is 4.21. The minimum atomic E-state index is -0.129. The summed E-state index contributed by atoms with van der Waals surface area (Å²) in [6.45, 7) is 7.51. The molecule has 0 aliphatic carbocycles. The molecule has 0 unspecified atom stereocenters. The highest BCUT2D eigenvalue weighted by molar-refractivity contribution is 5.89. The molecule has 1 N–H and O–H groups in total. The van der Waals surface area contributed by atoms with Gasteiger partial charge in [0.05, 0.1) is 17.4 Å². The molecule has 136 valence electrons. The topological polar surface area (TPSA) is 90.1 Å². The van der Waals surface area contributed by atoms with Crippen molar-refractivity contribution in [1.82, 2.24) is 19.7 Å². The van der Waals surface area contributed by atoms with Gasteiger partial charge in [0.15, 0.2) is 0 Å². The first kappa shape index (κ1) is 17.7. The first-order chi connectivity index (χ1) is 12.6. The first-order valence-electron chi connectivity index (χ1n) is 8.75. The number of urea groups is 1. The Labute approximate surface area is 153 Å². The molecule has 0 radical (unpaired) electrons. The fourth-order valence-electron chi connectivity index (χ4n) is 2.96. The molecule has 0 saturated carbocycles. The molecule has 2 aromatic heterocycles. The Morgan fingerprint density at radius 3 is 2.81 bits per heavy atom. The van der Waals surface area contributed by atoms with Gasteiger partial charge in [0, 0.05) is 45.1 Å². The van der Waals surface area contributed by atoms with Crippen molar-refractivity contribution in [2.75, 3.05) is 36.4 Å². The molecule has 0 spiro atoms. The van der Waals surface area contributed by atoms with Crippen LogP contribution in [0.15, 0.2) is 30.7 Å². The Bertz CT molecular complexity index is 800. The van der Waals surface area contributed by atoms with Gasteiger partial charge >= 0.3 is 6.03 Å². The lowest BCUT2D eigenvalue weighted by Gasteiger charge is -2.35. The molecule has 0 atom stereocenters. The third kappa shape index (κ3) is 4.11. The van der Waals surface area contributed by atoms with Crippen molar-refractivity contribution in [2.45, 2.75) is 20.4 Å². The van der Waals surface area contributed by atoms with Gasteiger partial charge in [0.2, 0.25) is 0 Å². The molecule has 0 aromatic carbocycles. The molecule has 3 heterocycles. The van der Waals surface area contributed by atoms with Crippen LogP contribution >= 0.6 is 0 Å². The zero-order valence-electron chi connectivity index (χ0n) is 15.1. The molecule has 8 nitrogen and oxygen atoms in total. The van der Waals surface area contributed by atoms with Gasteiger partial charge in [-0.1, -0.05) is 13.8 Å².